The first-order valence-corrected chi connectivity index (χ1v) is 7.84. The zero-order chi connectivity index (χ0) is 12.4. The van der Waals surface area contributed by atoms with E-state index in [1.54, 1.807) is 6.07 Å². The molecule has 1 aromatic carbocycles. The Kier molecular flexibility index (Phi) is 4.65. The van der Waals surface area contributed by atoms with Gasteiger partial charge in [0.1, 0.15) is 5.82 Å². The lowest BCUT2D eigenvalue weighted by molar-refractivity contribution is 0.294. The highest BCUT2D eigenvalue weighted by Crippen LogP contribution is 2.35. The van der Waals surface area contributed by atoms with Gasteiger partial charge >= 0.3 is 0 Å². The second kappa shape index (κ2) is 5.83. The van der Waals surface area contributed by atoms with Crippen LogP contribution in [0.25, 0.3) is 0 Å². The van der Waals surface area contributed by atoms with E-state index in [0.29, 0.717) is 10.7 Å². The molecule has 3 heteroatoms. The summed E-state index contributed by atoms with van der Waals surface area (Å²) in [6.07, 6.45) is 4.75. The minimum Gasteiger partial charge on any atom is -0.207 e. The molecule has 0 saturated heterocycles. The molecule has 0 radical (unpaired) electrons. The normalized spacial score (nSPS) is 29.3. The molecule has 1 aliphatic rings. The second-order valence-electron chi connectivity index (χ2n) is 5.18. The van der Waals surface area contributed by atoms with Crippen LogP contribution in [-0.4, -0.2) is 4.83 Å². The molecule has 1 fully saturated rings. The molecule has 17 heavy (non-hydrogen) atoms. The van der Waals surface area contributed by atoms with Gasteiger partial charge in [-0.05, 0) is 61.3 Å². The van der Waals surface area contributed by atoms with Crippen LogP contribution in [0.5, 0.6) is 0 Å². The summed E-state index contributed by atoms with van der Waals surface area (Å²) >= 11 is 7.12. The fourth-order valence-electron chi connectivity index (χ4n) is 2.70. The second-order valence-corrected chi connectivity index (χ2v) is 7.27. The van der Waals surface area contributed by atoms with Crippen LogP contribution in [0.15, 0.2) is 22.7 Å². The summed E-state index contributed by atoms with van der Waals surface area (Å²) < 4.78 is 14.1. The van der Waals surface area contributed by atoms with E-state index in [-0.39, 0.29) is 5.82 Å². The Hall–Kier alpha value is 0.110. The molecule has 0 spiro atoms. The van der Waals surface area contributed by atoms with Crippen molar-refractivity contribution in [3.05, 3.63) is 34.1 Å². The van der Waals surface area contributed by atoms with Crippen molar-refractivity contribution >= 4 is 31.9 Å². The van der Waals surface area contributed by atoms with Gasteiger partial charge in [0, 0.05) is 9.30 Å². The van der Waals surface area contributed by atoms with Crippen molar-refractivity contribution < 1.29 is 4.39 Å². The maximum absolute atomic E-state index is 13.3. The molecule has 0 heterocycles. The van der Waals surface area contributed by atoms with Gasteiger partial charge in [-0.15, -0.1) is 0 Å². The van der Waals surface area contributed by atoms with Crippen LogP contribution in [0.1, 0.15) is 31.7 Å². The summed E-state index contributed by atoms with van der Waals surface area (Å²) in [5.74, 6) is 1.28. The lowest BCUT2D eigenvalue weighted by atomic mass is 9.79. The van der Waals surface area contributed by atoms with Gasteiger partial charge < -0.3 is 0 Å². The molecular weight excluding hydrogens is 347 g/mol. The SMILES string of the molecule is CC1CCC(Br)C(Cc2cc(F)cc(Br)c2)C1. The highest BCUT2D eigenvalue weighted by atomic mass is 79.9. The number of benzene rings is 1. The zero-order valence-electron chi connectivity index (χ0n) is 9.93. The van der Waals surface area contributed by atoms with Crippen molar-refractivity contribution in [1.82, 2.24) is 0 Å². The first-order valence-electron chi connectivity index (χ1n) is 6.13. The van der Waals surface area contributed by atoms with Gasteiger partial charge in [0.25, 0.3) is 0 Å². The molecule has 1 saturated carbocycles. The Morgan fingerprint density at radius 1 is 1.29 bits per heavy atom. The smallest absolute Gasteiger partial charge is 0.124 e. The summed E-state index contributed by atoms with van der Waals surface area (Å²) in [7, 11) is 0. The number of hydrogen-bond donors (Lipinski definition) is 0. The Bertz CT molecular complexity index is 372. The van der Waals surface area contributed by atoms with Gasteiger partial charge in [-0.3, -0.25) is 0 Å². The van der Waals surface area contributed by atoms with Gasteiger partial charge in [0.05, 0.1) is 0 Å². The Balaban J connectivity index is 2.08. The molecule has 3 unspecified atom stereocenters. The van der Waals surface area contributed by atoms with Crippen LogP contribution < -0.4 is 0 Å². The van der Waals surface area contributed by atoms with Crippen LogP contribution in [0.2, 0.25) is 0 Å². The third kappa shape index (κ3) is 3.78. The van der Waals surface area contributed by atoms with Crippen LogP contribution in [0.4, 0.5) is 4.39 Å². The summed E-state index contributed by atoms with van der Waals surface area (Å²) in [4.78, 5) is 0.584. The average Bonchev–Trinajstić information content (AvgIpc) is 2.22. The molecule has 3 atom stereocenters. The minimum absolute atomic E-state index is 0.149. The Morgan fingerprint density at radius 2 is 2.06 bits per heavy atom. The van der Waals surface area contributed by atoms with E-state index in [0.717, 1.165) is 22.4 Å². The van der Waals surface area contributed by atoms with Gasteiger partial charge in [0.15, 0.2) is 0 Å². The number of rotatable bonds is 2. The first-order chi connectivity index (χ1) is 8.04. The van der Waals surface area contributed by atoms with E-state index in [1.165, 1.54) is 25.3 Å². The third-order valence-electron chi connectivity index (χ3n) is 3.57. The largest absolute Gasteiger partial charge is 0.207 e. The molecular formula is C14H17Br2F. The van der Waals surface area contributed by atoms with Crippen molar-refractivity contribution in [2.45, 2.75) is 37.4 Å². The average molecular weight is 364 g/mol. The monoisotopic (exact) mass is 362 g/mol. The standard InChI is InChI=1S/C14H17Br2F/c1-9-2-3-14(16)11(4-9)5-10-6-12(15)8-13(17)7-10/h6-9,11,14H,2-5H2,1H3. The third-order valence-corrected chi connectivity index (χ3v) is 5.24. The summed E-state index contributed by atoms with van der Waals surface area (Å²) in [6, 6.07) is 5.20. The fraction of sp³-hybridized carbons (Fsp3) is 0.571. The summed E-state index contributed by atoms with van der Waals surface area (Å²) in [6.45, 7) is 2.31. The molecule has 0 aromatic heterocycles. The minimum atomic E-state index is -0.149. The van der Waals surface area contributed by atoms with E-state index in [1.807, 2.05) is 6.07 Å². The molecule has 1 aliphatic carbocycles. The Labute approximate surface area is 119 Å². The van der Waals surface area contributed by atoms with Crippen LogP contribution in [0.3, 0.4) is 0 Å². The predicted molar refractivity (Wildman–Crippen MR) is 77.0 cm³/mol. The number of halogens is 3. The topological polar surface area (TPSA) is 0 Å². The maximum atomic E-state index is 13.3. The van der Waals surface area contributed by atoms with Crippen molar-refractivity contribution in [1.29, 1.82) is 0 Å². The predicted octanol–water partition coefficient (Wildman–Crippen LogP) is 5.33. The summed E-state index contributed by atoms with van der Waals surface area (Å²) in [5, 5.41) is 0. The molecule has 0 amide bonds. The first kappa shape index (κ1) is 13.5. The van der Waals surface area contributed by atoms with Gasteiger partial charge in [-0.25, -0.2) is 4.39 Å². The van der Waals surface area contributed by atoms with E-state index in [9.17, 15) is 4.39 Å². The fourth-order valence-corrected chi connectivity index (χ4v) is 3.88. The van der Waals surface area contributed by atoms with Crippen molar-refractivity contribution in [2.75, 3.05) is 0 Å². The summed E-state index contributed by atoms with van der Waals surface area (Å²) in [5.41, 5.74) is 1.10. The van der Waals surface area contributed by atoms with E-state index >= 15 is 0 Å². The van der Waals surface area contributed by atoms with Crippen LogP contribution in [0, 0.1) is 17.7 Å². The number of hydrogen-bond acceptors (Lipinski definition) is 0. The lowest BCUT2D eigenvalue weighted by Crippen LogP contribution is -2.25. The van der Waals surface area contributed by atoms with Crippen LogP contribution in [-0.2, 0) is 6.42 Å². The van der Waals surface area contributed by atoms with E-state index in [2.05, 4.69) is 38.8 Å². The molecule has 0 N–H and O–H groups in total. The number of alkyl halides is 1. The molecule has 94 valence electrons. The van der Waals surface area contributed by atoms with E-state index in [4.69, 9.17) is 0 Å². The quantitative estimate of drug-likeness (QED) is 0.623. The van der Waals surface area contributed by atoms with Gasteiger partial charge in [0.2, 0.25) is 0 Å². The Morgan fingerprint density at radius 3 is 2.76 bits per heavy atom. The molecule has 2 rings (SSSR count). The molecule has 0 bridgehead atoms. The lowest BCUT2D eigenvalue weighted by Gasteiger charge is -2.31. The molecule has 1 aromatic rings. The van der Waals surface area contributed by atoms with Crippen molar-refractivity contribution in [2.24, 2.45) is 11.8 Å². The molecule has 0 aliphatic heterocycles. The maximum Gasteiger partial charge on any atom is 0.124 e. The van der Waals surface area contributed by atoms with Crippen molar-refractivity contribution in [3.63, 3.8) is 0 Å². The molecule has 0 nitrogen and oxygen atoms in total. The highest BCUT2D eigenvalue weighted by molar-refractivity contribution is 9.10. The van der Waals surface area contributed by atoms with E-state index < -0.39 is 0 Å². The van der Waals surface area contributed by atoms with Gasteiger partial charge in [-0.1, -0.05) is 38.8 Å². The zero-order valence-corrected chi connectivity index (χ0v) is 13.1. The van der Waals surface area contributed by atoms with Gasteiger partial charge in [-0.2, -0.15) is 0 Å². The van der Waals surface area contributed by atoms with Crippen LogP contribution >= 0.6 is 31.9 Å². The highest BCUT2D eigenvalue weighted by Gasteiger charge is 2.26. The van der Waals surface area contributed by atoms with Crippen molar-refractivity contribution in [3.8, 4) is 0 Å².